The first kappa shape index (κ1) is 23.8. The van der Waals surface area contributed by atoms with Gasteiger partial charge in [-0.3, -0.25) is 14.4 Å². The Morgan fingerprint density at radius 3 is 2.42 bits per heavy atom. The van der Waals surface area contributed by atoms with Gasteiger partial charge in [0.25, 0.3) is 11.8 Å². The Labute approximate surface area is 208 Å². The molecule has 0 saturated heterocycles. The molecule has 0 aliphatic heterocycles. The summed E-state index contributed by atoms with van der Waals surface area (Å²) in [6.07, 6.45) is 4.65. The van der Waals surface area contributed by atoms with Crippen LogP contribution in [0.15, 0.2) is 63.4 Å². The minimum atomic E-state index is -1.12. The standard InChI is InChI=1S/C28H29N3O5/c1-2-10-20(24(32)26-29-19-12-5-7-14-22(19)36-26)30-27(34)28(15-8-3-9-16-28)31-25(33)23-17-18-11-4-6-13-21(18)35-23/h4-7,11-14,17,20H,2-3,8-10,15-16H2,1H3,(H,30,34)(H,31,33)/t20-/m0/s1. The number of fused-ring (bicyclic) bond motifs is 2. The molecule has 2 aromatic heterocycles. The van der Waals surface area contributed by atoms with Gasteiger partial charge in [-0.2, -0.15) is 0 Å². The monoisotopic (exact) mass is 487 g/mol. The number of nitrogens with zero attached hydrogens (tertiary/aromatic N) is 1. The molecule has 8 heteroatoms. The summed E-state index contributed by atoms with van der Waals surface area (Å²) < 4.78 is 11.4. The van der Waals surface area contributed by atoms with Crippen LogP contribution in [-0.2, 0) is 4.79 Å². The van der Waals surface area contributed by atoms with E-state index in [1.54, 1.807) is 24.3 Å². The van der Waals surface area contributed by atoms with Gasteiger partial charge in [0.1, 0.15) is 16.6 Å². The number of carbonyl (C=O) groups excluding carboxylic acids is 3. The summed E-state index contributed by atoms with van der Waals surface area (Å²) in [4.78, 5) is 44.5. The average Bonchev–Trinajstić information content (AvgIpc) is 3.53. The van der Waals surface area contributed by atoms with Crippen molar-refractivity contribution in [3.05, 3.63) is 66.2 Å². The van der Waals surface area contributed by atoms with Crippen LogP contribution in [0.25, 0.3) is 22.1 Å². The molecule has 2 amide bonds. The lowest BCUT2D eigenvalue weighted by Gasteiger charge is -2.37. The second-order valence-electron chi connectivity index (χ2n) is 9.41. The summed E-state index contributed by atoms with van der Waals surface area (Å²) in [6.45, 7) is 1.94. The highest BCUT2D eigenvalue weighted by Gasteiger charge is 2.43. The van der Waals surface area contributed by atoms with Crippen LogP contribution in [0.1, 0.15) is 73.1 Å². The van der Waals surface area contributed by atoms with Gasteiger partial charge in [-0.05, 0) is 43.5 Å². The number of Topliss-reactive ketones (excluding diaryl/α,β-unsaturated/α-hetero) is 1. The zero-order chi connectivity index (χ0) is 25.1. The van der Waals surface area contributed by atoms with Crippen LogP contribution in [0.2, 0.25) is 0 Å². The van der Waals surface area contributed by atoms with Crippen molar-refractivity contribution in [1.29, 1.82) is 0 Å². The molecule has 1 fully saturated rings. The molecular formula is C28H29N3O5. The second-order valence-corrected chi connectivity index (χ2v) is 9.41. The van der Waals surface area contributed by atoms with Gasteiger partial charge in [-0.15, -0.1) is 0 Å². The van der Waals surface area contributed by atoms with E-state index in [4.69, 9.17) is 8.83 Å². The SMILES string of the molecule is CCC[C@H](NC(=O)C1(NC(=O)c2cc3ccccc3o2)CCCCC1)C(=O)c1nc2ccccc2o1. The zero-order valence-corrected chi connectivity index (χ0v) is 20.2. The Bertz CT molecular complexity index is 1350. The predicted octanol–water partition coefficient (Wildman–Crippen LogP) is 5.17. The summed E-state index contributed by atoms with van der Waals surface area (Å²) in [5.74, 6) is -1.06. The van der Waals surface area contributed by atoms with Crippen molar-refractivity contribution in [2.24, 2.45) is 0 Å². The van der Waals surface area contributed by atoms with E-state index in [9.17, 15) is 14.4 Å². The lowest BCUT2D eigenvalue weighted by Crippen LogP contribution is -2.61. The Morgan fingerprint density at radius 2 is 1.69 bits per heavy atom. The first-order chi connectivity index (χ1) is 17.5. The van der Waals surface area contributed by atoms with Crippen LogP contribution in [-0.4, -0.2) is 34.2 Å². The van der Waals surface area contributed by atoms with Gasteiger partial charge in [-0.1, -0.05) is 62.9 Å². The number of furan rings is 1. The number of oxazole rings is 1. The van der Waals surface area contributed by atoms with Crippen molar-refractivity contribution < 1.29 is 23.2 Å². The molecule has 2 N–H and O–H groups in total. The van der Waals surface area contributed by atoms with Crippen molar-refractivity contribution in [2.45, 2.75) is 63.5 Å². The summed E-state index contributed by atoms with van der Waals surface area (Å²) >= 11 is 0. The first-order valence-electron chi connectivity index (χ1n) is 12.5. The van der Waals surface area contributed by atoms with E-state index in [0.717, 1.165) is 24.6 Å². The van der Waals surface area contributed by atoms with E-state index in [1.807, 2.05) is 37.3 Å². The van der Waals surface area contributed by atoms with Crippen molar-refractivity contribution in [1.82, 2.24) is 15.6 Å². The third-order valence-corrected chi connectivity index (χ3v) is 6.85. The molecule has 1 saturated carbocycles. The minimum absolute atomic E-state index is 0.0287. The van der Waals surface area contributed by atoms with Gasteiger partial charge < -0.3 is 19.5 Å². The fourth-order valence-electron chi connectivity index (χ4n) is 4.92. The number of nitrogens with one attached hydrogen (secondary N) is 2. The number of ketones is 1. The number of aromatic nitrogens is 1. The largest absolute Gasteiger partial charge is 0.451 e. The third kappa shape index (κ3) is 4.63. The molecular weight excluding hydrogens is 458 g/mol. The molecule has 2 aromatic carbocycles. The van der Waals surface area contributed by atoms with Gasteiger partial charge >= 0.3 is 0 Å². The summed E-state index contributed by atoms with van der Waals surface area (Å²) in [6, 6.07) is 15.4. The highest BCUT2D eigenvalue weighted by atomic mass is 16.4. The van der Waals surface area contributed by atoms with E-state index in [0.29, 0.717) is 42.4 Å². The Hall–Kier alpha value is -3.94. The number of para-hydroxylation sites is 3. The Morgan fingerprint density at radius 1 is 0.972 bits per heavy atom. The Balaban J connectivity index is 1.37. The fourth-order valence-corrected chi connectivity index (χ4v) is 4.92. The molecule has 1 atom stereocenters. The van der Waals surface area contributed by atoms with Gasteiger partial charge in [0, 0.05) is 5.39 Å². The first-order valence-corrected chi connectivity index (χ1v) is 12.5. The lowest BCUT2D eigenvalue weighted by atomic mass is 9.80. The van der Waals surface area contributed by atoms with E-state index in [-0.39, 0.29) is 23.3 Å². The second kappa shape index (κ2) is 9.97. The molecule has 0 unspecified atom stereocenters. The summed E-state index contributed by atoms with van der Waals surface area (Å²) in [5.41, 5.74) is 0.590. The summed E-state index contributed by atoms with van der Waals surface area (Å²) in [5, 5.41) is 6.70. The van der Waals surface area contributed by atoms with Crippen molar-refractivity contribution in [2.75, 3.05) is 0 Å². The van der Waals surface area contributed by atoms with E-state index in [1.165, 1.54) is 0 Å². The molecule has 2 heterocycles. The Kier molecular flexibility index (Phi) is 6.59. The molecule has 0 spiro atoms. The topological polar surface area (TPSA) is 114 Å². The normalized spacial score (nSPS) is 16.0. The summed E-state index contributed by atoms with van der Waals surface area (Å²) in [7, 11) is 0. The molecule has 1 aliphatic carbocycles. The number of amides is 2. The van der Waals surface area contributed by atoms with Gasteiger partial charge in [-0.25, -0.2) is 4.98 Å². The molecule has 8 nitrogen and oxygen atoms in total. The van der Waals surface area contributed by atoms with Crippen molar-refractivity contribution in [3.8, 4) is 0 Å². The quantitative estimate of drug-likeness (QED) is 0.331. The van der Waals surface area contributed by atoms with Crippen LogP contribution < -0.4 is 10.6 Å². The maximum Gasteiger partial charge on any atom is 0.287 e. The molecule has 1 aliphatic rings. The van der Waals surface area contributed by atoms with E-state index in [2.05, 4.69) is 15.6 Å². The van der Waals surface area contributed by atoms with Crippen LogP contribution in [0, 0.1) is 0 Å². The number of rotatable bonds is 8. The highest BCUT2D eigenvalue weighted by molar-refractivity contribution is 6.03. The molecule has 0 bridgehead atoms. The maximum absolute atomic E-state index is 13.7. The fraction of sp³-hybridized carbons (Fsp3) is 0.357. The van der Waals surface area contributed by atoms with Crippen LogP contribution >= 0.6 is 0 Å². The van der Waals surface area contributed by atoms with Crippen LogP contribution in [0.4, 0.5) is 0 Å². The number of benzene rings is 2. The number of carbonyl (C=O) groups is 3. The van der Waals surface area contributed by atoms with E-state index < -0.39 is 17.5 Å². The highest BCUT2D eigenvalue weighted by Crippen LogP contribution is 2.30. The minimum Gasteiger partial charge on any atom is -0.451 e. The predicted molar refractivity (Wildman–Crippen MR) is 135 cm³/mol. The lowest BCUT2D eigenvalue weighted by molar-refractivity contribution is -0.129. The average molecular weight is 488 g/mol. The molecule has 36 heavy (non-hydrogen) atoms. The van der Waals surface area contributed by atoms with Gasteiger partial charge in [0.2, 0.25) is 11.7 Å². The molecule has 4 aromatic rings. The zero-order valence-electron chi connectivity index (χ0n) is 20.2. The van der Waals surface area contributed by atoms with Crippen LogP contribution in [0.5, 0.6) is 0 Å². The smallest absolute Gasteiger partial charge is 0.287 e. The molecule has 186 valence electrons. The van der Waals surface area contributed by atoms with Gasteiger partial charge in [0.15, 0.2) is 11.3 Å². The molecule has 5 rings (SSSR count). The van der Waals surface area contributed by atoms with Crippen LogP contribution in [0.3, 0.4) is 0 Å². The van der Waals surface area contributed by atoms with E-state index >= 15 is 0 Å². The molecule has 0 radical (unpaired) electrons. The van der Waals surface area contributed by atoms with Crippen molar-refractivity contribution in [3.63, 3.8) is 0 Å². The number of hydrogen-bond donors (Lipinski definition) is 2. The van der Waals surface area contributed by atoms with Crippen molar-refractivity contribution >= 4 is 39.7 Å². The third-order valence-electron chi connectivity index (χ3n) is 6.85. The maximum atomic E-state index is 13.7. The number of hydrogen-bond acceptors (Lipinski definition) is 6. The van der Waals surface area contributed by atoms with Gasteiger partial charge in [0.05, 0.1) is 6.04 Å².